The zero-order valence-corrected chi connectivity index (χ0v) is 10.4. The first-order valence-corrected chi connectivity index (χ1v) is 6.49. The summed E-state index contributed by atoms with van der Waals surface area (Å²) in [4.78, 5) is 0. The quantitative estimate of drug-likeness (QED) is 0.763. The predicted molar refractivity (Wildman–Crippen MR) is 73.1 cm³/mol. The van der Waals surface area contributed by atoms with Gasteiger partial charge in [-0.15, -0.1) is 17.9 Å². The standard InChI is InChI=1S/C14H17NS/c1-3-4-8-13(15-2)12-10-16-14-9-6-5-7-11(12)14/h3,5-7,9-10,13,15H,1,4,8H2,2H3. The first kappa shape index (κ1) is 11.4. The number of hydrogen-bond acceptors (Lipinski definition) is 2. The lowest BCUT2D eigenvalue weighted by molar-refractivity contribution is 0.560. The van der Waals surface area contributed by atoms with Gasteiger partial charge in [-0.05, 0) is 42.3 Å². The van der Waals surface area contributed by atoms with Crippen LogP contribution < -0.4 is 5.32 Å². The van der Waals surface area contributed by atoms with Crippen molar-refractivity contribution in [2.75, 3.05) is 7.05 Å². The minimum atomic E-state index is 0.439. The van der Waals surface area contributed by atoms with Crippen LogP contribution in [0.3, 0.4) is 0 Å². The van der Waals surface area contributed by atoms with E-state index < -0.39 is 0 Å². The third-order valence-corrected chi connectivity index (χ3v) is 3.88. The highest BCUT2D eigenvalue weighted by Gasteiger charge is 2.12. The number of fused-ring (bicyclic) bond motifs is 1. The molecule has 1 atom stereocenters. The van der Waals surface area contributed by atoms with E-state index in [0.29, 0.717) is 6.04 Å². The van der Waals surface area contributed by atoms with Crippen molar-refractivity contribution in [2.24, 2.45) is 0 Å². The Hall–Kier alpha value is -1.12. The van der Waals surface area contributed by atoms with Crippen LogP contribution in [-0.2, 0) is 0 Å². The smallest absolute Gasteiger partial charge is 0.0346 e. The number of benzene rings is 1. The van der Waals surface area contributed by atoms with Gasteiger partial charge in [0.25, 0.3) is 0 Å². The van der Waals surface area contributed by atoms with Crippen LogP contribution in [0, 0.1) is 0 Å². The normalized spacial score (nSPS) is 12.8. The zero-order chi connectivity index (χ0) is 11.4. The Morgan fingerprint density at radius 1 is 1.44 bits per heavy atom. The van der Waals surface area contributed by atoms with E-state index in [2.05, 4.69) is 41.5 Å². The molecule has 0 bridgehead atoms. The average molecular weight is 231 g/mol. The van der Waals surface area contributed by atoms with Crippen molar-refractivity contribution < 1.29 is 0 Å². The molecule has 84 valence electrons. The van der Waals surface area contributed by atoms with Crippen LogP contribution in [-0.4, -0.2) is 7.05 Å². The molecule has 1 unspecified atom stereocenters. The molecular weight excluding hydrogens is 214 g/mol. The minimum Gasteiger partial charge on any atom is -0.313 e. The molecule has 0 radical (unpaired) electrons. The molecule has 16 heavy (non-hydrogen) atoms. The van der Waals surface area contributed by atoms with E-state index in [-0.39, 0.29) is 0 Å². The van der Waals surface area contributed by atoms with Crippen LogP contribution in [0.1, 0.15) is 24.4 Å². The van der Waals surface area contributed by atoms with Crippen LogP contribution in [0.4, 0.5) is 0 Å². The Bertz CT molecular complexity index is 472. The van der Waals surface area contributed by atoms with Crippen molar-refractivity contribution in [3.05, 3.63) is 47.9 Å². The van der Waals surface area contributed by atoms with Gasteiger partial charge in [0.15, 0.2) is 0 Å². The SMILES string of the molecule is C=CCCC(NC)c1csc2ccccc12. The summed E-state index contributed by atoms with van der Waals surface area (Å²) in [5, 5.41) is 7.05. The molecule has 1 nitrogen and oxygen atoms in total. The summed E-state index contributed by atoms with van der Waals surface area (Å²) in [6.07, 6.45) is 4.15. The molecule has 0 amide bonds. The van der Waals surface area contributed by atoms with Gasteiger partial charge in [-0.3, -0.25) is 0 Å². The lowest BCUT2D eigenvalue weighted by Gasteiger charge is -2.14. The lowest BCUT2D eigenvalue weighted by atomic mass is 10.0. The third-order valence-electron chi connectivity index (χ3n) is 2.89. The summed E-state index contributed by atoms with van der Waals surface area (Å²) in [6, 6.07) is 9.04. The summed E-state index contributed by atoms with van der Waals surface area (Å²) >= 11 is 1.83. The fraction of sp³-hybridized carbons (Fsp3) is 0.286. The summed E-state index contributed by atoms with van der Waals surface area (Å²) < 4.78 is 1.37. The van der Waals surface area contributed by atoms with Crippen LogP contribution in [0.5, 0.6) is 0 Å². The van der Waals surface area contributed by atoms with E-state index >= 15 is 0 Å². The zero-order valence-electron chi connectivity index (χ0n) is 9.57. The van der Waals surface area contributed by atoms with E-state index in [4.69, 9.17) is 0 Å². The molecule has 0 saturated heterocycles. The van der Waals surface area contributed by atoms with Gasteiger partial charge in [0.1, 0.15) is 0 Å². The van der Waals surface area contributed by atoms with Crippen LogP contribution in [0.2, 0.25) is 0 Å². The van der Waals surface area contributed by atoms with Gasteiger partial charge in [-0.2, -0.15) is 0 Å². The molecule has 0 spiro atoms. The molecule has 0 fully saturated rings. The number of rotatable bonds is 5. The maximum absolute atomic E-state index is 3.79. The Morgan fingerprint density at radius 3 is 3.00 bits per heavy atom. The topological polar surface area (TPSA) is 12.0 Å². The average Bonchev–Trinajstić information content (AvgIpc) is 2.75. The van der Waals surface area contributed by atoms with Crippen LogP contribution >= 0.6 is 11.3 Å². The molecule has 1 N–H and O–H groups in total. The van der Waals surface area contributed by atoms with Gasteiger partial charge in [0.2, 0.25) is 0 Å². The lowest BCUT2D eigenvalue weighted by Crippen LogP contribution is -2.15. The van der Waals surface area contributed by atoms with Gasteiger partial charge >= 0.3 is 0 Å². The molecule has 2 rings (SSSR count). The van der Waals surface area contributed by atoms with Crippen molar-refractivity contribution in [3.8, 4) is 0 Å². The van der Waals surface area contributed by atoms with Crippen molar-refractivity contribution in [3.63, 3.8) is 0 Å². The summed E-state index contributed by atoms with van der Waals surface area (Å²) in [5.41, 5.74) is 1.42. The van der Waals surface area contributed by atoms with Gasteiger partial charge in [-0.25, -0.2) is 0 Å². The van der Waals surface area contributed by atoms with Gasteiger partial charge in [0, 0.05) is 10.7 Å². The fourth-order valence-electron chi connectivity index (χ4n) is 2.01. The molecule has 1 heterocycles. The molecule has 1 aromatic heterocycles. The third kappa shape index (κ3) is 2.18. The molecule has 1 aromatic carbocycles. The fourth-order valence-corrected chi connectivity index (χ4v) is 3.02. The van der Waals surface area contributed by atoms with E-state index in [1.165, 1.54) is 15.6 Å². The van der Waals surface area contributed by atoms with Gasteiger partial charge in [0.05, 0.1) is 0 Å². The highest BCUT2D eigenvalue weighted by molar-refractivity contribution is 7.17. The van der Waals surface area contributed by atoms with Crippen molar-refractivity contribution in [1.29, 1.82) is 0 Å². The van der Waals surface area contributed by atoms with E-state index in [9.17, 15) is 0 Å². The molecule has 0 saturated carbocycles. The second kappa shape index (κ2) is 5.28. The Morgan fingerprint density at radius 2 is 2.25 bits per heavy atom. The van der Waals surface area contributed by atoms with Crippen molar-refractivity contribution in [1.82, 2.24) is 5.32 Å². The minimum absolute atomic E-state index is 0.439. The highest BCUT2D eigenvalue weighted by Crippen LogP contribution is 2.31. The molecule has 0 aliphatic heterocycles. The Balaban J connectivity index is 2.33. The molecule has 2 heteroatoms. The number of allylic oxidation sites excluding steroid dienone is 1. The first-order valence-electron chi connectivity index (χ1n) is 5.61. The molecule has 0 aliphatic rings. The second-order valence-corrected chi connectivity index (χ2v) is 4.81. The van der Waals surface area contributed by atoms with Crippen LogP contribution in [0.15, 0.2) is 42.3 Å². The van der Waals surface area contributed by atoms with Gasteiger partial charge in [-0.1, -0.05) is 24.3 Å². The maximum atomic E-state index is 3.79. The summed E-state index contributed by atoms with van der Waals surface area (Å²) in [6.45, 7) is 3.79. The van der Waals surface area contributed by atoms with E-state index in [1.54, 1.807) is 0 Å². The predicted octanol–water partition coefficient (Wildman–Crippen LogP) is 4.13. The molecule has 0 aliphatic carbocycles. The molecular formula is C14H17NS. The van der Waals surface area contributed by atoms with Crippen LogP contribution in [0.25, 0.3) is 10.1 Å². The largest absolute Gasteiger partial charge is 0.313 e. The van der Waals surface area contributed by atoms with E-state index in [0.717, 1.165) is 12.8 Å². The first-order chi connectivity index (χ1) is 7.86. The number of thiophene rings is 1. The Labute approximate surface area is 101 Å². The number of hydrogen-bond donors (Lipinski definition) is 1. The van der Waals surface area contributed by atoms with Crippen molar-refractivity contribution >= 4 is 21.4 Å². The molecule has 2 aromatic rings. The summed E-state index contributed by atoms with van der Waals surface area (Å²) in [5.74, 6) is 0. The number of nitrogens with one attached hydrogen (secondary N) is 1. The van der Waals surface area contributed by atoms with Crippen molar-refractivity contribution in [2.45, 2.75) is 18.9 Å². The maximum Gasteiger partial charge on any atom is 0.0346 e. The highest BCUT2D eigenvalue weighted by atomic mass is 32.1. The Kier molecular flexibility index (Phi) is 3.75. The summed E-state index contributed by atoms with van der Waals surface area (Å²) in [7, 11) is 2.03. The second-order valence-electron chi connectivity index (χ2n) is 3.89. The van der Waals surface area contributed by atoms with Gasteiger partial charge < -0.3 is 5.32 Å². The monoisotopic (exact) mass is 231 g/mol. The van der Waals surface area contributed by atoms with E-state index in [1.807, 2.05) is 24.5 Å².